The van der Waals surface area contributed by atoms with Crippen molar-refractivity contribution in [1.82, 2.24) is 0 Å². The molecule has 0 amide bonds. The van der Waals surface area contributed by atoms with Crippen LogP contribution in [0.3, 0.4) is 0 Å². The van der Waals surface area contributed by atoms with E-state index in [0.29, 0.717) is 23.0 Å². The van der Waals surface area contributed by atoms with Crippen LogP contribution in [0.1, 0.15) is 36.0 Å². The van der Waals surface area contributed by atoms with Crippen LogP contribution in [0, 0.1) is 5.92 Å². The Bertz CT molecular complexity index is 464. The quantitative estimate of drug-likeness (QED) is 0.753. The van der Waals surface area contributed by atoms with Crippen molar-refractivity contribution in [2.45, 2.75) is 25.7 Å². The minimum Gasteiger partial charge on any atom is -0.496 e. The van der Waals surface area contributed by atoms with E-state index in [2.05, 4.69) is 0 Å². The van der Waals surface area contributed by atoms with Gasteiger partial charge in [0.25, 0.3) is 0 Å². The van der Waals surface area contributed by atoms with Gasteiger partial charge in [-0.3, -0.25) is 9.00 Å². The molecule has 0 aliphatic heterocycles. The second kappa shape index (κ2) is 6.85. The van der Waals surface area contributed by atoms with E-state index >= 15 is 0 Å². The molecule has 1 aliphatic rings. The Morgan fingerprint density at radius 2 is 2.00 bits per heavy atom. The van der Waals surface area contributed by atoms with Crippen LogP contribution in [-0.4, -0.2) is 28.6 Å². The van der Waals surface area contributed by atoms with Gasteiger partial charge in [-0.25, -0.2) is 0 Å². The number of para-hydroxylation sites is 1. The van der Waals surface area contributed by atoms with E-state index in [1.165, 1.54) is 12.8 Å². The molecule has 4 heteroatoms. The third-order valence-corrected chi connectivity index (χ3v) is 5.02. The highest BCUT2D eigenvalue weighted by molar-refractivity contribution is 7.85. The Balaban J connectivity index is 1.94. The molecule has 1 atom stereocenters. The maximum Gasteiger partial charge on any atom is 0.179 e. The number of hydrogen-bond donors (Lipinski definition) is 0. The van der Waals surface area contributed by atoms with Gasteiger partial charge in [-0.15, -0.1) is 0 Å². The first-order valence-corrected chi connectivity index (χ1v) is 8.20. The SMILES string of the molecule is COc1ccccc1C(=O)CS(=O)CC1CCCC1. The van der Waals surface area contributed by atoms with Gasteiger partial charge in [0.2, 0.25) is 0 Å². The molecule has 104 valence electrons. The molecule has 0 aromatic heterocycles. The summed E-state index contributed by atoms with van der Waals surface area (Å²) in [6.07, 6.45) is 4.80. The summed E-state index contributed by atoms with van der Waals surface area (Å²) in [6.45, 7) is 0. The number of carbonyl (C=O) groups is 1. The first-order chi connectivity index (χ1) is 9.20. The van der Waals surface area contributed by atoms with Gasteiger partial charge in [-0.05, 0) is 30.9 Å². The molecule has 0 radical (unpaired) electrons. The van der Waals surface area contributed by atoms with Crippen molar-refractivity contribution in [2.75, 3.05) is 18.6 Å². The van der Waals surface area contributed by atoms with Gasteiger partial charge in [-0.1, -0.05) is 25.0 Å². The minimum absolute atomic E-state index is 0.0891. The summed E-state index contributed by atoms with van der Waals surface area (Å²) in [4.78, 5) is 12.1. The zero-order chi connectivity index (χ0) is 13.7. The predicted octanol–water partition coefficient (Wildman–Crippen LogP) is 2.82. The molecule has 0 bridgehead atoms. The predicted molar refractivity (Wildman–Crippen MR) is 77.2 cm³/mol. The molecular formula is C15H20O3S. The number of Topliss-reactive ketones (excluding diaryl/α,β-unsaturated/α-hetero) is 1. The fourth-order valence-corrected chi connectivity index (χ4v) is 4.02. The fraction of sp³-hybridized carbons (Fsp3) is 0.533. The number of ether oxygens (including phenoxy) is 1. The molecule has 2 rings (SSSR count). The van der Waals surface area contributed by atoms with Crippen molar-refractivity contribution in [3.05, 3.63) is 29.8 Å². The van der Waals surface area contributed by atoms with E-state index in [1.54, 1.807) is 25.3 Å². The summed E-state index contributed by atoms with van der Waals surface area (Å²) in [5, 5.41) is 0. The normalized spacial score (nSPS) is 17.3. The zero-order valence-corrected chi connectivity index (χ0v) is 12.1. The number of benzene rings is 1. The molecule has 0 spiro atoms. The molecule has 1 aromatic rings. The van der Waals surface area contributed by atoms with E-state index in [4.69, 9.17) is 4.74 Å². The number of rotatable bonds is 6. The number of hydrogen-bond acceptors (Lipinski definition) is 3. The molecule has 19 heavy (non-hydrogen) atoms. The first-order valence-electron chi connectivity index (χ1n) is 6.72. The number of ketones is 1. The lowest BCUT2D eigenvalue weighted by atomic mass is 10.1. The third kappa shape index (κ3) is 3.90. The van der Waals surface area contributed by atoms with Crippen molar-refractivity contribution in [2.24, 2.45) is 5.92 Å². The standard InChI is InChI=1S/C15H20O3S/c1-18-15-9-5-4-8-13(15)14(16)11-19(17)10-12-6-2-3-7-12/h4-5,8-9,12H,2-3,6-7,10-11H2,1H3. The second-order valence-corrected chi connectivity index (χ2v) is 6.53. The Labute approximate surface area is 116 Å². The maximum absolute atomic E-state index is 12.1. The van der Waals surface area contributed by atoms with Crippen molar-refractivity contribution in [3.8, 4) is 5.75 Å². The minimum atomic E-state index is -1.06. The van der Waals surface area contributed by atoms with Crippen molar-refractivity contribution in [3.63, 3.8) is 0 Å². The molecule has 1 saturated carbocycles. The topological polar surface area (TPSA) is 43.4 Å². The van der Waals surface area contributed by atoms with Crippen LogP contribution < -0.4 is 4.74 Å². The lowest BCUT2D eigenvalue weighted by Crippen LogP contribution is -2.17. The van der Waals surface area contributed by atoms with Gasteiger partial charge < -0.3 is 4.74 Å². The van der Waals surface area contributed by atoms with Crippen LogP contribution in [0.5, 0.6) is 5.75 Å². The van der Waals surface area contributed by atoms with Crippen molar-refractivity contribution in [1.29, 1.82) is 0 Å². The Morgan fingerprint density at radius 3 is 2.68 bits per heavy atom. The number of methoxy groups -OCH3 is 1. The number of carbonyl (C=O) groups excluding carboxylic acids is 1. The van der Waals surface area contributed by atoms with Crippen molar-refractivity contribution < 1.29 is 13.7 Å². The van der Waals surface area contributed by atoms with Gasteiger partial charge in [-0.2, -0.15) is 0 Å². The molecule has 3 nitrogen and oxygen atoms in total. The van der Waals surface area contributed by atoms with Gasteiger partial charge in [0.15, 0.2) is 5.78 Å². The van der Waals surface area contributed by atoms with Crippen LogP contribution in [0.15, 0.2) is 24.3 Å². The van der Waals surface area contributed by atoms with E-state index in [0.717, 1.165) is 12.8 Å². The van der Waals surface area contributed by atoms with Crippen molar-refractivity contribution >= 4 is 16.6 Å². The van der Waals surface area contributed by atoms with E-state index in [-0.39, 0.29) is 11.5 Å². The summed E-state index contributed by atoms with van der Waals surface area (Å²) < 4.78 is 17.2. The highest BCUT2D eigenvalue weighted by Crippen LogP contribution is 2.25. The third-order valence-electron chi connectivity index (χ3n) is 3.60. The van der Waals surface area contributed by atoms with Gasteiger partial charge >= 0.3 is 0 Å². The van der Waals surface area contributed by atoms with Crippen LogP contribution >= 0.6 is 0 Å². The van der Waals surface area contributed by atoms with Gasteiger partial charge in [0.05, 0.1) is 18.4 Å². The summed E-state index contributed by atoms with van der Waals surface area (Å²) in [6, 6.07) is 7.11. The summed E-state index contributed by atoms with van der Waals surface area (Å²) in [7, 11) is 0.487. The lowest BCUT2D eigenvalue weighted by Gasteiger charge is -2.09. The van der Waals surface area contributed by atoms with Gasteiger partial charge in [0.1, 0.15) is 5.75 Å². The summed E-state index contributed by atoms with van der Waals surface area (Å²) in [5.74, 6) is 1.79. The molecule has 1 unspecified atom stereocenters. The Hall–Kier alpha value is -1.16. The molecule has 1 aromatic carbocycles. The van der Waals surface area contributed by atoms with Gasteiger partial charge in [0, 0.05) is 16.6 Å². The molecule has 1 aliphatic carbocycles. The summed E-state index contributed by atoms with van der Waals surface area (Å²) >= 11 is 0. The second-order valence-electron chi connectivity index (χ2n) is 5.02. The zero-order valence-electron chi connectivity index (χ0n) is 11.3. The van der Waals surface area contributed by atoms with E-state index < -0.39 is 10.8 Å². The largest absolute Gasteiger partial charge is 0.496 e. The average Bonchev–Trinajstić information content (AvgIpc) is 2.91. The Kier molecular flexibility index (Phi) is 5.14. The average molecular weight is 280 g/mol. The van der Waals surface area contributed by atoms with Crippen LogP contribution in [-0.2, 0) is 10.8 Å². The van der Waals surface area contributed by atoms with Crippen LogP contribution in [0.4, 0.5) is 0 Å². The molecule has 1 fully saturated rings. The fourth-order valence-electron chi connectivity index (χ4n) is 2.60. The van der Waals surface area contributed by atoms with Crippen LogP contribution in [0.2, 0.25) is 0 Å². The molecule has 0 saturated heterocycles. The van der Waals surface area contributed by atoms with Crippen LogP contribution in [0.25, 0.3) is 0 Å². The van der Waals surface area contributed by atoms with E-state index in [9.17, 15) is 9.00 Å². The smallest absolute Gasteiger partial charge is 0.179 e. The molecule has 0 heterocycles. The lowest BCUT2D eigenvalue weighted by molar-refractivity contribution is 0.101. The van der Waals surface area contributed by atoms with E-state index in [1.807, 2.05) is 6.07 Å². The maximum atomic E-state index is 12.1. The molecular weight excluding hydrogens is 260 g/mol. The highest BCUT2D eigenvalue weighted by atomic mass is 32.2. The molecule has 0 N–H and O–H groups in total. The highest BCUT2D eigenvalue weighted by Gasteiger charge is 2.20. The summed E-state index contributed by atoms with van der Waals surface area (Å²) in [5.41, 5.74) is 0.532. The Morgan fingerprint density at radius 1 is 1.32 bits per heavy atom. The first kappa shape index (κ1) is 14.3. The monoisotopic (exact) mass is 280 g/mol.